The van der Waals surface area contributed by atoms with Crippen LogP contribution in [0.4, 0.5) is 10.5 Å². The van der Waals surface area contributed by atoms with Gasteiger partial charge in [-0.25, -0.2) is 0 Å². The van der Waals surface area contributed by atoms with E-state index in [-0.39, 0.29) is 18.1 Å². The van der Waals surface area contributed by atoms with E-state index < -0.39 is 17.1 Å². The van der Waals surface area contributed by atoms with Gasteiger partial charge < -0.3 is 14.8 Å². The molecule has 0 aromatic heterocycles. The lowest BCUT2D eigenvalue weighted by Crippen LogP contribution is -2.36. The fraction of sp³-hybridized carbons (Fsp3) is 0.207. The Morgan fingerprint density at radius 2 is 1.77 bits per heavy atom. The highest BCUT2D eigenvalue weighted by molar-refractivity contribution is 14.1. The number of ether oxygens (including phenoxy) is 2. The molecule has 0 radical (unpaired) electrons. The average molecular weight is 711 g/mol. The normalized spacial score (nSPS) is 14.2. The Morgan fingerprint density at radius 3 is 2.45 bits per heavy atom. The van der Waals surface area contributed by atoms with E-state index in [2.05, 4.69) is 27.9 Å². The number of thioether (sulfide) groups is 1. The average Bonchev–Trinajstić information content (AvgIpc) is 3.11. The number of nitrogens with one attached hydrogen (secondary N) is 1. The van der Waals surface area contributed by atoms with Crippen molar-refractivity contribution in [3.8, 4) is 11.5 Å². The molecule has 0 spiro atoms. The molecule has 0 atom stereocenters. The quantitative estimate of drug-likeness (QED) is 0.180. The Labute approximate surface area is 260 Å². The first kappa shape index (κ1) is 30.2. The molecule has 0 aliphatic carbocycles. The van der Waals surface area contributed by atoms with Gasteiger partial charge in [0.25, 0.3) is 11.1 Å². The van der Waals surface area contributed by atoms with Crippen molar-refractivity contribution in [3.63, 3.8) is 0 Å². The zero-order chi connectivity index (χ0) is 29.0. The van der Waals surface area contributed by atoms with E-state index in [0.29, 0.717) is 39.4 Å². The summed E-state index contributed by atoms with van der Waals surface area (Å²) in [5.41, 5.74) is 4.02. The minimum Gasteiger partial charge on any atom is -0.490 e. The first-order chi connectivity index (χ1) is 19.0. The second-order valence-corrected chi connectivity index (χ2v) is 12.0. The number of anilines is 1. The highest BCUT2D eigenvalue weighted by Crippen LogP contribution is 2.38. The van der Waals surface area contributed by atoms with Gasteiger partial charge in [0.05, 0.1) is 15.1 Å². The van der Waals surface area contributed by atoms with Crippen LogP contribution in [0.3, 0.4) is 0 Å². The Balaban J connectivity index is 1.50. The number of rotatable bonds is 9. The minimum atomic E-state index is -0.531. The predicted octanol–water partition coefficient (Wildman–Crippen LogP) is 7.87. The monoisotopic (exact) mass is 710 g/mol. The van der Waals surface area contributed by atoms with Crippen LogP contribution in [0.25, 0.3) is 6.08 Å². The van der Waals surface area contributed by atoms with Crippen molar-refractivity contribution >= 4 is 86.4 Å². The second-order valence-electron chi connectivity index (χ2n) is 8.98. The molecule has 0 saturated carbocycles. The van der Waals surface area contributed by atoms with Crippen LogP contribution in [0, 0.1) is 17.4 Å². The maximum atomic E-state index is 13.1. The van der Waals surface area contributed by atoms with Gasteiger partial charge in [-0.2, -0.15) is 0 Å². The Hall–Kier alpha value is -2.73. The molecule has 3 aromatic rings. The van der Waals surface area contributed by atoms with Gasteiger partial charge in [-0.1, -0.05) is 35.3 Å². The molecule has 40 heavy (non-hydrogen) atoms. The summed E-state index contributed by atoms with van der Waals surface area (Å²) in [7, 11) is 0. The number of carbonyl (C=O) groups excluding carboxylic acids is 3. The zero-order valence-electron chi connectivity index (χ0n) is 21.8. The van der Waals surface area contributed by atoms with Crippen molar-refractivity contribution in [2.24, 2.45) is 0 Å². The van der Waals surface area contributed by atoms with Crippen molar-refractivity contribution in [2.45, 2.75) is 27.4 Å². The first-order valence-electron chi connectivity index (χ1n) is 12.2. The zero-order valence-corrected chi connectivity index (χ0v) is 26.3. The first-order valence-corrected chi connectivity index (χ1v) is 14.9. The van der Waals surface area contributed by atoms with Crippen LogP contribution < -0.4 is 14.8 Å². The van der Waals surface area contributed by atoms with Gasteiger partial charge in [-0.3, -0.25) is 19.3 Å². The molecule has 0 bridgehead atoms. The van der Waals surface area contributed by atoms with Crippen LogP contribution in [0.5, 0.6) is 11.5 Å². The standard InChI is InChI=1S/C29H25Cl2IN2O5S/c1-4-38-24-11-18(10-23(32)27(24)39-15-19-5-6-20(30)13-22(19)31)12-25-28(36)34(29(37)40-25)14-26(35)33-21-8-16(2)7-17(3)9-21/h5-13H,4,14-15H2,1-3H3,(H,33,35)/b25-12+. The largest absolute Gasteiger partial charge is 0.490 e. The smallest absolute Gasteiger partial charge is 0.294 e. The summed E-state index contributed by atoms with van der Waals surface area (Å²) in [6, 6.07) is 14.4. The van der Waals surface area contributed by atoms with Gasteiger partial charge in [0, 0.05) is 21.3 Å². The lowest BCUT2D eigenvalue weighted by atomic mass is 10.1. The van der Waals surface area contributed by atoms with Crippen molar-refractivity contribution in [3.05, 3.63) is 89.3 Å². The van der Waals surface area contributed by atoms with Crippen LogP contribution in [-0.2, 0) is 16.2 Å². The Kier molecular flexibility index (Phi) is 10.0. The molecule has 1 fully saturated rings. The fourth-order valence-corrected chi connectivity index (χ4v) is 6.12. The molecule has 0 unspecified atom stereocenters. The summed E-state index contributed by atoms with van der Waals surface area (Å²) in [4.78, 5) is 39.4. The molecular formula is C29H25Cl2IN2O5S. The summed E-state index contributed by atoms with van der Waals surface area (Å²) in [6.45, 7) is 5.93. The van der Waals surface area contributed by atoms with E-state index in [9.17, 15) is 14.4 Å². The number of aryl methyl sites for hydroxylation is 2. The SMILES string of the molecule is CCOc1cc(/C=C2/SC(=O)N(CC(=O)Nc3cc(C)cc(C)c3)C2=O)cc(I)c1OCc1ccc(Cl)cc1Cl. The molecule has 1 aliphatic rings. The minimum absolute atomic E-state index is 0.203. The summed E-state index contributed by atoms with van der Waals surface area (Å²) in [5.74, 6) is 0.0276. The Bertz CT molecular complexity index is 1510. The number of hydrogen-bond donors (Lipinski definition) is 1. The van der Waals surface area contributed by atoms with E-state index in [4.69, 9.17) is 32.7 Å². The summed E-state index contributed by atoms with van der Waals surface area (Å²) >= 11 is 15.2. The summed E-state index contributed by atoms with van der Waals surface area (Å²) in [5, 5.41) is 3.29. The number of carbonyl (C=O) groups is 3. The third-order valence-corrected chi connectivity index (χ3v) is 7.99. The molecule has 3 amide bonds. The number of halogens is 3. The van der Waals surface area contributed by atoms with Crippen LogP contribution in [0.1, 0.15) is 29.2 Å². The van der Waals surface area contributed by atoms with Gasteiger partial charge in [0.2, 0.25) is 5.91 Å². The van der Waals surface area contributed by atoms with E-state index >= 15 is 0 Å². The van der Waals surface area contributed by atoms with Crippen molar-refractivity contribution in [2.75, 3.05) is 18.5 Å². The molecule has 4 rings (SSSR count). The predicted molar refractivity (Wildman–Crippen MR) is 168 cm³/mol. The Morgan fingerprint density at radius 1 is 1.05 bits per heavy atom. The summed E-state index contributed by atoms with van der Waals surface area (Å²) < 4.78 is 12.6. The van der Waals surface area contributed by atoms with E-state index in [1.165, 1.54) is 0 Å². The van der Waals surface area contributed by atoms with Crippen LogP contribution in [0.2, 0.25) is 10.0 Å². The molecule has 1 aliphatic heterocycles. The van der Waals surface area contributed by atoms with E-state index in [1.54, 1.807) is 30.3 Å². The molecule has 11 heteroatoms. The molecule has 3 aromatic carbocycles. The van der Waals surface area contributed by atoms with Gasteiger partial charge in [-0.15, -0.1) is 0 Å². The van der Waals surface area contributed by atoms with Crippen molar-refractivity contribution in [1.82, 2.24) is 4.90 Å². The number of nitrogens with zero attached hydrogens (tertiary/aromatic N) is 1. The number of benzene rings is 3. The number of hydrogen-bond acceptors (Lipinski definition) is 6. The molecule has 1 N–H and O–H groups in total. The maximum Gasteiger partial charge on any atom is 0.294 e. The second kappa shape index (κ2) is 13.3. The van der Waals surface area contributed by atoms with Crippen molar-refractivity contribution < 1.29 is 23.9 Å². The molecular weight excluding hydrogens is 686 g/mol. The topological polar surface area (TPSA) is 84.9 Å². The van der Waals surface area contributed by atoms with Gasteiger partial charge in [0.1, 0.15) is 13.2 Å². The van der Waals surface area contributed by atoms with Crippen LogP contribution in [0.15, 0.2) is 53.4 Å². The van der Waals surface area contributed by atoms with Gasteiger partial charge in [-0.05, 0) is 114 Å². The third-order valence-electron chi connectivity index (χ3n) is 5.70. The number of imide groups is 1. The third kappa shape index (κ3) is 7.51. The van der Waals surface area contributed by atoms with Gasteiger partial charge >= 0.3 is 0 Å². The van der Waals surface area contributed by atoms with Gasteiger partial charge in [0.15, 0.2) is 11.5 Å². The lowest BCUT2D eigenvalue weighted by molar-refractivity contribution is -0.127. The van der Waals surface area contributed by atoms with E-state index in [0.717, 1.165) is 36.9 Å². The van der Waals surface area contributed by atoms with Crippen molar-refractivity contribution in [1.29, 1.82) is 0 Å². The fourth-order valence-electron chi connectivity index (χ4n) is 4.04. The highest BCUT2D eigenvalue weighted by atomic mass is 127. The van der Waals surface area contributed by atoms with Crippen LogP contribution >= 0.6 is 57.6 Å². The molecule has 1 heterocycles. The lowest BCUT2D eigenvalue weighted by Gasteiger charge is -2.15. The number of amides is 3. The van der Waals surface area contributed by atoms with E-state index in [1.807, 2.05) is 45.0 Å². The molecule has 1 saturated heterocycles. The molecule has 7 nitrogen and oxygen atoms in total. The van der Waals surface area contributed by atoms with Crippen LogP contribution in [-0.4, -0.2) is 35.1 Å². The molecule has 208 valence electrons. The highest BCUT2D eigenvalue weighted by Gasteiger charge is 2.36. The maximum absolute atomic E-state index is 13.1. The summed E-state index contributed by atoms with van der Waals surface area (Å²) in [6.07, 6.45) is 1.61.